The Labute approximate surface area is 175 Å². The summed E-state index contributed by atoms with van der Waals surface area (Å²) in [6.45, 7) is 3.73. The molecule has 0 radical (unpaired) electrons. The summed E-state index contributed by atoms with van der Waals surface area (Å²) in [5.41, 5.74) is 0.0341. The van der Waals surface area contributed by atoms with E-state index < -0.39 is 0 Å². The number of rotatable bonds is 4. The minimum absolute atomic E-state index is 0.0341. The molecule has 5 nitrogen and oxygen atoms in total. The van der Waals surface area contributed by atoms with Gasteiger partial charge in [-0.25, -0.2) is 0 Å². The maximum absolute atomic E-state index is 13.8. The molecule has 2 amide bonds. The Morgan fingerprint density at radius 1 is 0.931 bits per heavy atom. The van der Waals surface area contributed by atoms with Crippen LogP contribution >= 0.6 is 0 Å². The SMILES string of the molecule is C[NH+]1CCN(C(=O)[C@H](NC(=O)C2CCCCC2)C23CC4CC(CC(C4)C2)C3)CC1. The van der Waals surface area contributed by atoms with Crippen molar-refractivity contribution in [3.63, 3.8) is 0 Å². The Bertz CT molecular complexity index is 599. The molecule has 5 aliphatic carbocycles. The molecule has 0 aromatic heterocycles. The number of hydrogen-bond donors (Lipinski definition) is 2. The number of likely N-dealkylation sites (N-methyl/N-ethyl adjacent to an activating group) is 1. The van der Waals surface area contributed by atoms with Crippen LogP contribution in [0.2, 0.25) is 0 Å². The number of hydrogen-bond acceptors (Lipinski definition) is 2. The van der Waals surface area contributed by atoms with Crippen molar-refractivity contribution in [2.24, 2.45) is 29.1 Å². The van der Waals surface area contributed by atoms with Crippen LogP contribution in [0.25, 0.3) is 0 Å². The van der Waals surface area contributed by atoms with Gasteiger partial charge in [0.05, 0.1) is 33.2 Å². The Balaban J connectivity index is 1.38. The van der Waals surface area contributed by atoms with Crippen molar-refractivity contribution in [3.8, 4) is 0 Å². The first-order chi connectivity index (χ1) is 14.0. The fourth-order valence-corrected chi connectivity index (χ4v) is 7.92. The second kappa shape index (κ2) is 7.86. The number of carbonyl (C=O) groups is 2. The fraction of sp³-hybridized carbons (Fsp3) is 0.917. The van der Waals surface area contributed by atoms with Gasteiger partial charge in [-0.15, -0.1) is 0 Å². The highest BCUT2D eigenvalue weighted by Crippen LogP contribution is 2.61. The lowest BCUT2D eigenvalue weighted by molar-refractivity contribution is -0.883. The lowest BCUT2D eigenvalue weighted by Crippen LogP contribution is -3.12. The second-order valence-electron chi connectivity index (χ2n) is 11.3. The van der Waals surface area contributed by atoms with Gasteiger partial charge in [0.2, 0.25) is 11.8 Å². The molecule has 5 saturated carbocycles. The summed E-state index contributed by atoms with van der Waals surface area (Å²) in [6, 6.07) is -0.274. The molecule has 1 heterocycles. The van der Waals surface area contributed by atoms with E-state index in [4.69, 9.17) is 0 Å². The van der Waals surface area contributed by atoms with Crippen molar-refractivity contribution in [2.45, 2.75) is 76.7 Å². The predicted octanol–water partition coefficient (Wildman–Crippen LogP) is 1.62. The van der Waals surface area contributed by atoms with Crippen molar-refractivity contribution in [3.05, 3.63) is 0 Å². The summed E-state index contributed by atoms with van der Waals surface area (Å²) in [5.74, 6) is 2.92. The highest BCUT2D eigenvalue weighted by molar-refractivity contribution is 5.89. The van der Waals surface area contributed by atoms with E-state index in [0.29, 0.717) is 0 Å². The Kier molecular flexibility index (Phi) is 5.38. The highest BCUT2D eigenvalue weighted by Gasteiger charge is 2.57. The molecule has 162 valence electrons. The number of carbonyl (C=O) groups excluding carboxylic acids is 2. The predicted molar refractivity (Wildman–Crippen MR) is 112 cm³/mol. The quantitative estimate of drug-likeness (QED) is 0.751. The van der Waals surface area contributed by atoms with E-state index in [1.54, 1.807) is 0 Å². The molecule has 1 aliphatic heterocycles. The minimum Gasteiger partial charge on any atom is -0.344 e. The van der Waals surface area contributed by atoms with Crippen LogP contribution in [0.1, 0.15) is 70.6 Å². The topological polar surface area (TPSA) is 53.9 Å². The first kappa shape index (κ1) is 19.8. The first-order valence-electron chi connectivity index (χ1n) is 12.4. The Morgan fingerprint density at radius 3 is 2.03 bits per heavy atom. The number of piperazine rings is 1. The zero-order chi connectivity index (χ0) is 20.0. The molecule has 4 bridgehead atoms. The van der Waals surface area contributed by atoms with Crippen LogP contribution in [0, 0.1) is 29.1 Å². The maximum atomic E-state index is 13.8. The largest absolute Gasteiger partial charge is 0.344 e. The van der Waals surface area contributed by atoms with Gasteiger partial charge < -0.3 is 15.1 Å². The molecule has 1 saturated heterocycles. The summed E-state index contributed by atoms with van der Waals surface area (Å²) in [6.07, 6.45) is 13.2. The van der Waals surface area contributed by atoms with Gasteiger partial charge in [0.15, 0.2) is 0 Å². The van der Waals surface area contributed by atoms with Gasteiger partial charge in [-0.3, -0.25) is 9.59 Å². The van der Waals surface area contributed by atoms with Gasteiger partial charge >= 0.3 is 0 Å². The second-order valence-corrected chi connectivity index (χ2v) is 11.3. The van der Waals surface area contributed by atoms with E-state index in [1.165, 1.54) is 49.8 Å². The molecule has 6 fully saturated rings. The van der Waals surface area contributed by atoms with E-state index in [9.17, 15) is 9.59 Å². The van der Waals surface area contributed by atoms with Gasteiger partial charge in [0.25, 0.3) is 0 Å². The van der Waals surface area contributed by atoms with E-state index >= 15 is 0 Å². The van der Waals surface area contributed by atoms with Crippen LogP contribution in [-0.4, -0.2) is 56.0 Å². The number of nitrogens with one attached hydrogen (secondary N) is 2. The van der Waals surface area contributed by atoms with E-state index in [2.05, 4.69) is 17.3 Å². The summed E-state index contributed by atoms with van der Waals surface area (Å²) in [4.78, 5) is 30.7. The van der Waals surface area contributed by atoms with Gasteiger partial charge in [0, 0.05) is 11.3 Å². The number of amides is 2. The minimum atomic E-state index is -0.274. The molecule has 6 rings (SSSR count). The van der Waals surface area contributed by atoms with Crippen molar-refractivity contribution in [1.82, 2.24) is 10.2 Å². The average molecular weight is 403 g/mol. The number of quaternary nitrogens is 1. The van der Waals surface area contributed by atoms with E-state index in [-0.39, 0.29) is 29.2 Å². The molecule has 6 aliphatic rings. The standard InChI is InChI=1S/C24H39N3O2/c1-26-7-9-27(10-8-26)23(29)21(25-22(28)20-5-3-2-4-6-20)24-14-17-11-18(15-24)13-19(12-17)16-24/h17-21H,2-16H2,1H3,(H,25,28)/p+1/t17?,18?,19?,21-,24?/m0/s1. The molecule has 0 aromatic rings. The first-order valence-corrected chi connectivity index (χ1v) is 12.4. The molecule has 2 N–H and O–H groups in total. The summed E-state index contributed by atoms with van der Waals surface area (Å²) in [5, 5.41) is 3.42. The van der Waals surface area contributed by atoms with Gasteiger partial charge in [-0.2, -0.15) is 0 Å². The molecular formula is C24H40N3O2+. The van der Waals surface area contributed by atoms with Crippen LogP contribution in [-0.2, 0) is 9.59 Å². The molecule has 0 unspecified atom stereocenters. The molecule has 5 heteroatoms. The third kappa shape index (κ3) is 3.84. The monoisotopic (exact) mass is 402 g/mol. The van der Waals surface area contributed by atoms with Gasteiger partial charge in [0.1, 0.15) is 6.04 Å². The maximum Gasteiger partial charge on any atom is 0.246 e. The van der Waals surface area contributed by atoms with E-state index in [0.717, 1.165) is 69.6 Å². The van der Waals surface area contributed by atoms with Crippen LogP contribution in [0.15, 0.2) is 0 Å². The van der Waals surface area contributed by atoms with Crippen LogP contribution in [0.5, 0.6) is 0 Å². The van der Waals surface area contributed by atoms with Crippen molar-refractivity contribution < 1.29 is 14.5 Å². The van der Waals surface area contributed by atoms with E-state index in [1.807, 2.05) is 0 Å². The lowest BCUT2D eigenvalue weighted by Gasteiger charge is -2.59. The fourth-order valence-electron chi connectivity index (χ4n) is 7.92. The third-order valence-corrected chi connectivity index (χ3v) is 9.14. The van der Waals surface area contributed by atoms with Crippen molar-refractivity contribution >= 4 is 11.8 Å². The summed E-state index contributed by atoms with van der Waals surface area (Å²) in [7, 11) is 2.21. The molecule has 0 spiro atoms. The van der Waals surface area contributed by atoms with Crippen LogP contribution < -0.4 is 10.2 Å². The van der Waals surface area contributed by atoms with Crippen molar-refractivity contribution in [2.75, 3.05) is 33.2 Å². The Hall–Kier alpha value is -1.10. The summed E-state index contributed by atoms with van der Waals surface area (Å²) < 4.78 is 0. The zero-order valence-corrected chi connectivity index (χ0v) is 18.3. The van der Waals surface area contributed by atoms with Gasteiger partial charge in [-0.05, 0) is 69.1 Å². The molecule has 29 heavy (non-hydrogen) atoms. The smallest absolute Gasteiger partial charge is 0.246 e. The highest BCUT2D eigenvalue weighted by atomic mass is 16.2. The lowest BCUT2D eigenvalue weighted by atomic mass is 9.47. The van der Waals surface area contributed by atoms with Crippen molar-refractivity contribution in [1.29, 1.82) is 0 Å². The number of nitrogens with zero attached hydrogens (tertiary/aromatic N) is 1. The molecule has 0 aromatic carbocycles. The normalized spacial score (nSPS) is 38.8. The summed E-state index contributed by atoms with van der Waals surface area (Å²) >= 11 is 0. The van der Waals surface area contributed by atoms with Crippen LogP contribution in [0.3, 0.4) is 0 Å². The third-order valence-electron chi connectivity index (χ3n) is 9.14. The van der Waals surface area contributed by atoms with Crippen LogP contribution in [0.4, 0.5) is 0 Å². The molecular weight excluding hydrogens is 362 g/mol. The Morgan fingerprint density at radius 2 is 1.48 bits per heavy atom. The zero-order valence-electron chi connectivity index (χ0n) is 18.3. The van der Waals surface area contributed by atoms with Gasteiger partial charge in [-0.1, -0.05) is 19.3 Å². The average Bonchev–Trinajstić information content (AvgIpc) is 2.71. The molecule has 1 atom stereocenters.